The molecular formula is C16H15BrN2. The van der Waals surface area contributed by atoms with Crippen LogP contribution in [0.15, 0.2) is 34.8 Å². The van der Waals surface area contributed by atoms with Gasteiger partial charge >= 0.3 is 0 Å². The molecule has 0 radical (unpaired) electrons. The molecule has 0 saturated heterocycles. The fourth-order valence-electron chi connectivity index (χ4n) is 2.25. The average Bonchev–Trinajstić information content (AvgIpc) is 2.34. The van der Waals surface area contributed by atoms with E-state index in [2.05, 4.69) is 60.2 Å². The normalized spacial score (nSPS) is 10.1. The molecule has 2 aromatic rings. The summed E-state index contributed by atoms with van der Waals surface area (Å²) in [5, 5.41) is 12.6. The summed E-state index contributed by atoms with van der Waals surface area (Å²) in [4.78, 5) is 0. The van der Waals surface area contributed by atoms with Crippen LogP contribution < -0.4 is 5.32 Å². The van der Waals surface area contributed by atoms with E-state index in [1.165, 1.54) is 16.7 Å². The van der Waals surface area contributed by atoms with Gasteiger partial charge in [-0.2, -0.15) is 5.26 Å². The van der Waals surface area contributed by atoms with Crippen LogP contribution in [0.4, 0.5) is 11.4 Å². The minimum atomic E-state index is 0.627. The second-order valence-corrected chi connectivity index (χ2v) is 5.53. The van der Waals surface area contributed by atoms with Crippen LogP contribution in [0, 0.1) is 32.1 Å². The molecule has 0 heterocycles. The smallest absolute Gasteiger partial charge is 0.103 e. The van der Waals surface area contributed by atoms with Gasteiger partial charge in [-0.25, -0.2) is 0 Å². The summed E-state index contributed by atoms with van der Waals surface area (Å²) in [7, 11) is 0. The van der Waals surface area contributed by atoms with Crippen LogP contribution in [-0.4, -0.2) is 0 Å². The Morgan fingerprint density at radius 1 is 1.11 bits per heavy atom. The molecule has 19 heavy (non-hydrogen) atoms. The highest BCUT2D eigenvalue weighted by Crippen LogP contribution is 2.30. The van der Waals surface area contributed by atoms with E-state index in [1.54, 1.807) is 0 Å². The van der Waals surface area contributed by atoms with Crippen molar-refractivity contribution in [3.05, 3.63) is 57.1 Å². The number of nitriles is 1. The summed E-state index contributed by atoms with van der Waals surface area (Å²) in [6.07, 6.45) is 0. The molecule has 0 aliphatic rings. The predicted molar refractivity (Wildman–Crippen MR) is 82.8 cm³/mol. The van der Waals surface area contributed by atoms with Crippen LogP contribution in [0.5, 0.6) is 0 Å². The number of rotatable bonds is 2. The molecule has 3 heteroatoms. The van der Waals surface area contributed by atoms with Gasteiger partial charge in [-0.15, -0.1) is 0 Å². The Balaban J connectivity index is 2.49. The highest BCUT2D eigenvalue weighted by atomic mass is 79.9. The summed E-state index contributed by atoms with van der Waals surface area (Å²) in [5.74, 6) is 0. The summed E-state index contributed by atoms with van der Waals surface area (Å²) in [6.45, 7) is 6.24. The van der Waals surface area contributed by atoms with Crippen molar-refractivity contribution in [2.75, 3.05) is 5.32 Å². The maximum absolute atomic E-state index is 9.24. The third-order valence-corrected chi connectivity index (χ3v) is 3.72. The maximum atomic E-state index is 9.24. The molecule has 0 aliphatic heterocycles. The van der Waals surface area contributed by atoms with Crippen LogP contribution in [-0.2, 0) is 0 Å². The number of nitrogens with one attached hydrogen (secondary N) is 1. The van der Waals surface area contributed by atoms with Gasteiger partial charge in [0.2, 0.25) is 0 Å². The Morgan fingerprint density at radius 3 is 2.32 bits per heavy atom. The number of aryl methyl sites for hydroxylation is 3. The summed E-state index contributed by atoms with van der Waals surface area (Å²) in [5.41, 5.74) is 6.13. The van der Waals surface area contributed by atoms with E-state index in [0.29, 0.717) is 5.56 Å². The van der Waals surface area contributed by atoms with Crippen LogP contribution in [0.3, 0.4) is 0 Å². The van der Waals surface area contributed by atoms with Gasteiger partial charge in [0.1, 0.15) is 6.07 Å². The highest BCUT2D eigenvalue weighted by molar-refractivity contribution is 9.10. The fourth-order valence-corrected chi connectivity index (χ4v) is 2.71. The molecule has 2 nitrogen and oxygen atoms in total. The number of hydrogen-bond donors (Lipinski definition) is 1. The van der Waals surface area contributed by atoms with Crippen molar-refractivity contribution in [1.82, 2.24) is 0 Å². The van der Waals surface area contributed by atoms with Crippen LogP contribution in [0.25, 0.3) is 0 Å². The second-order valence-electron chi connectivity index (χ2n) is 4.67. The number of hydrogen-bond acceptors (Lipinski definition) is 2. The van der Waals surface area contributed by atoms with Crippen molar-refractivity contribution in [2.45, 2.75) is 20.8 Å². The summed E-state index contributed by atoms with van der Waals surface area (Å²) in [6, 6.07) is 12.2. The molecule has 2 aromatic carbocycles. The first kappa shape index (κ1) is 13.6. The Kier molecular flexibility index (Phi) is 3.92. The monoisotopic (exact) mass is 314 g/mol. The van der Waals surface area contributed by atoms with Crippen molar-refractivity contribution >= 4 is 27.3 Å². The van der Waals surface area contributed by atoms with Gasteiger partial charge in [-0.1, -0.05) is 23.8 Å². The summed E-state index contributed by atoms with van der Waals surface area (Å²) < 4.78 is 0.808. The molecular weight excluding hydrogens is 300 g/mol. The number of nitrogens with zero attached hydrogens (tertiary/aromatic N) is 1. The van der Waals surface area contributed by atoms with Crippen LogP contribution >= 0.6 is 15.9 Å². The molecule has 0 amide bonds. The van der Waals surface area contributed by atoms with Gasteiger partial charge in [0.05, 0.1) is 11.3 Å². The predicted octanol–water partition coefficient (Wildman–Crippen LogP) is 4.99. The van der Waals surface area contributed by atoms with Gasteiger partial charge in [0.25, 0.3) is 0 Å². The number of anilines is 2. The van der Waals surface area contributed by atoms with E-state index in [1.807, 2.05) is 18.2 Å². The maximum Gasteiger partial charge on any atom is 0.103 e. The molecule has 0 aromatic heterocycles. The van der Waals surface area contributed by atoms with Crippen molar-refractivity contribution in [1.29, 1.82) is 5.26 Å². The minimum Gasteiger partial charge on any atom is -0.354 e. The van der Waals surface area contributed by atoms with Crippen molar-refractivity contribution in [2.24, 2.45) is 0 Å². The zero-order valence-electron chi connectivity index (χ0n) is 11.2. The zero-order chi connectivity index (χ0) is 14.0. The van der Waals surface area contributed by atoms with E-state index < -0.39 is 0 Å². The number of halogens is 1. The van der Waals surface area contributed by atoms with Gasteiger partial charge in [-0.05, 0) is 60.0 Å². The first-order chi connectivity index (χ1) is 9.02. The van der Waals surface area contributed by atoms with E-state index in [0.717, 1.165) is 15.8 Å². The largest absolute Gasteiger partial charge is 0.354 e. The Bertz CT molecular complexity index is 646. The molecule has 0 spiro atoms. The first-order valence-electron chi connectivity index (χ1n) is 6.06. The van der Waals surface area contributed by atoms with Gasteiger partial charge < -0.3 is 5.32 Å². The quantitative estimate of drug-likeness (QED) is 0.847. The lowest BCUT2D eigenvalue weighted by Gasteiger charge is -2.15. The Labute approximate surface area is 122 Å². The first-order valence-corrected chi connectivity index (χ1v) is 6.85. The lowest BCUT2D eigenvalue weighted by molar-refractivity contribution is 1.30. The van der Waals surface area contributed by atoms with E-state index in [-0.39, 0.29) is 0 Å². The number of benzene rings is 2. The van der Waals surface area contributed by atoms with Gasteiger partial charge in [0.15, 0.2) is 0 Å². The fraction of sp³-hybridized carbons (Fsp3) is 0.188. The topological polar surface area (TPSA) is 35.8 Å². The van der Waals surface area contributed by atoms with Crippen molar-refractivity contribution < 1.29 is 0 Å². The average molecular weight is 315 g/mol. The van der Waals surface area contributed by atoms with Crippen LogP contribution in [0.1, 0.15) is 22.3 Å². The van der Waals surface area contributed by atoms with E-state index in [4.69, 9.17) is 0 Å². The Morgan fingerprint density at radius 2 is 1.74 bits per heavy atom. The molecule has 0 aliphatic carbocycles. The molecule has 2 rings (SSSR count). The molecule has 0 atom stereocenters. The Hall–Kier alpha value is -1.79. The third kappa shape index (κ3) is 2.80. The molecule has 96 valence electrons. The molecule has 0 fully saturated rings. The third-order valence-electron chi connectivity index (χ3n) is 3.06. The lowest BCUT2D eigenvalue weighted by atomic mass is 10.0. The highest BCUT2D eigenvalue weighted by Gasteiger charge is 2.09. The molecule has 1 N–H and O–H groups in total. The molecule has 0 saturated carbocycles. The standard InChI is InChI=1S/C16H15BrN2/c1-10-7-11(2)16(12(3)8-10)19-15-6-4-5-14(17)13(15)9-18/h4-8,19H,1-3H3. The lowest BCUT2D eigenvalue weighted by Crippen LogP contribution is -1.99. The van der Waals surface area contributed by atoms with Gasteiger partial charge in [0, 0.05) is 10.2 Å². The SMILES string of the molecule is Cc1cc(C)c(Nc2cccc(Br)c2C#N)c(C)c1. The molecule has 0 unspecified atom stereocenters. The van der Waals surface area contributed by atoms with Crippen LogP contribution in [0.2, 0.25) is 0 Å². The van der Waals surface area contributed by atoms with E-state index in [9.17, 15) is 5.26 Å². The zero-order valence-corrected chi connectivity index (χ0v) is 12.8. The van der Waals surface area contributed by atoms with Crippen molar-refractivity contribution in [3.8, 4) is 6.07 Å². The van der Waals surface area contributed by atoms with E-state index >= 15 is 0 Å². The molecule has 0 bridgehead atoms. The minimum absolute atomic E-state index is 0.627. The summed E-state index contributed by atoms with van der Waals surface area (Å²) >= 11 is 3.41. The second kappa shape index (κ2) is 5.46. The van der Waals surface area contributed by atoms with Crippen molar-refractivity contribution in [3.63, 3.8) is 0 Å². The van der Waals surface area contributed by atoms with Gasteiger partial charge in [-0.3, -0.25) is 0 Å².